The number of halogens is 1. The molecule has 2 fully saturated rings. The number of nitrogens with zero attached hydrogens (tertiary/aromatic N) is 2. The van der Waals surface area contributed by atoms with E-state index in [-0.39, 0.29) is 10.0 Å². The zero-order valence-corrected chi connectivity index (χ0v) is 12.2. The molecule has 1 aromatic heterocycles. The third-order valence-electron chi connectivity index (χ3n) is 4.26. The maximum atomic E-state index is 11.1. The summed E-state index contributed by atoms with van der Waals surface area (Å²) < 4.78 is 0. The van der Waals surface area contributed by atoms with Gasteiger partial charge in [-0.1, -0.05) is 35.8 Å². The Bertz CT molecular complexity index is 489. The number of thiazole rings is 1. The molecule has 2 unspecified atom stereocenters. The van der Waals surface area contributed by atoms with E-state index < -0.39 is 5.97 Å². The second-order valence-electron chi connectivity index (χ2n) is 5.37. The molecule has 6 heteroatoms. The molecular formula is C13H17ClN2O2S. The van der Waals surface area contributed by atoms with Crippen LogP contribution >= 0.6 is 22.9 Å². The van der Waals surface area contributed by atoms with Gasteiger partial charge in [-0.3, -0.25) is 0 Å². The molecule has 1 aromatic rings. The highest BCUT2D eigenvalue weighted by molar-refractivity contribution is 7.18. The van der Waals surface area contributed by atoms with Gasteiger partial charge in [-0.05, 0) is 31.6 Å². The fourth-order valence-corrected chi connectivity index (χ4v) is 4.62. The van der Waals surface area contributed by atoms with Crippen molar-refractivity contribution in [3.05, 3.63) is 10.0 Å². The van der Waals surface area contributed by atoms with Crippen LogP contribution in [0.5, 0.6) is 0 Å². The highest BCUT2D eigenvalue weighted by Crippen LogP contribution is 2.40. The van der Waals surface area contributed by atoms with Gasteiger partial charge in [0, 0.05) is 12.6 Å². The van der Waals surface area contributed by atoms with E-state index in [0.29, 0.717) is 6.04 Å². The number of hydrogen-bond acceptors (Lipinski definition) is 4. The molecule has 4 nitrogen and oxygen atoms in total. The number of aromatic nitrogens is 1. The third-order valence-corrected chi connectivity index (χ3v) is 5.72. The van der Waals surface area contributed by atoms with Crippen LogP contribution in [0.4, 0.5) is 5.13 Å². The predicted molar refractivity (Wildman–Crippen MR) is 76.4 cm³/mol. The quantitative estimate of drug-likeness (QED) is 0.905. The number of fused-ring (bicyclic) bond motifs is 1. The Morgan fingerprint density at radius 3 is 2.79 bits per heavy atom. The topological polar surface area (TPSA) is 53.4 Å². The fourth-order valence-electron chi connectivity index (χ4n) is 3.41. The average Bonchev–Trinajstić information content (AvgIpc) is 2.80. The molecule has 104 valence electrons. The Labute approximate surface area is 121 Å². The second kappa shape index (κ2) is 5.29. The van der Waals surface area contributed by atoms with Crippen molar-refractivity contribution >= 4 is 34.0 Å². The van der Waals surface area contributed by atoms with Gasteiger partial charge in [0.2, 0.25) is 0 Å². The molecule has 2 heterocycles. The van der Waals surface area contributed by atoms with Crippen LogP contribution in [0.2, 0.25) is 5.15 Å². The zero-order chi connectivity index (χ0) is 13.4. The molecule has 0 aromatic carbocycles. The molecule has 0 bridgehead atoms. The minimum atomic E-state index is -0.981. The van der Waals surface area contributed by atoms with Crippen molar-refractivity contribution < 1.29 is 9.90 Å². The standard InChI is InChI=1S/C13H17ClN2O2S/c14-11-10(12(17)18)19-13(15-11)16-7-3-5-8-4-1-2-6-9(8)16/h8-9H,1-7H2,(H,17,18). The van der Waals surface area contributed by atoms with Crippen molar-refractivity contribution in [3.63, 3.8) is 0 Å². The lowest BCUT2D eigenvalue weighted by Gasteiger charge is -2.44. The van der Waals surface area contributed by atoms with Gasteiger partial charge in [-0.15, -0.1) is 0 Å². The number of anilines is 1. The van der Waals surface area contributed by atoms with Gasteiger partial charge in [-0.2, -0.15) is 0 Å². The molecule has 0 spiro atoms. The van der Waals surface area contributed by atoms with Crippen LogP contribution in [0.15, 0.2) is 0 Å². The summed E-state index contributed by atoms with van der Waals surface area (Å²) in [7, 11) is 0. The average molecular weight is 301 g/mol. The molecule has 19 heavy (non-hydrogen) atoms. The zero-order valence-electron chi connectivity index (χ0n) is 10.6. The van der Waals surface area contributed by atoms with Crippen molar-refractivity contribution in [1.29, 1.82) is 0 Å². The lowest BCUT2D eigenvalue weighted by atomic mass is 9.78. The van der Waals surface area contributed by atoms with E-state index in [4.69, 9.17) is 16.7 Å². The summed E-state index contributed by atoms with van der Waals surface area (Å²) in [5, 5.41) is 10.00. The molecule has 1 saturated carbocycles. The Kier molecular flexibility index (Phi) is 3.67. The molecule has 0 amide bonds. The van der Waals surface area contributed by atoms with Crippen molar-refractivity contribution in [2.45, 2.75) is 44.6 Å². The van der Waals surface area contributed by atoms with Crippen LogP contribution in [-0.2, 0) is 0 Å². The Morgan fingerprint density at radius 1 is 1.32 bits per heavy atom. The van der Waals surface area contributed by atoms with Gasteiger partial charge in [0.05, 0.1) is 0 Å². The minimum Gasteiger partial charge on any atom is -0.477 e. The minimum absolute atomic E-state index is 0.130. The van der Waals surface area contributed by atoms with Crippen molar-refractivity contribution in [1.82, 2.24) is 4.98 Å². The molecular weight excluding hydrogens is 284 g/mol. The SMILES string of the molecule is O=C(O)c1sc(N2CCCC3CCCCC32)nc1Cl. The van der Waals surface area contributed by atoms with E-state index in [9.17, 15) is 4.79 Å². The first-order valence-electron chi connectivity index (χ1n) is 6.83. The highest BCUT2D eigenvalue weighted by Gasteiger charge is 2.35. The molecule has 3 rings (SSSR count). The number of carbonyl (C=O) groups is 1. The third kappa shape index (κ3) is 2.46. The first kappa shape index (κ1) is 13.2. The van der Waals surface area contributed by atoms with Crippen molar-refractivity contribution in [2.24, 2.45) is 5.92 Å². The molecule has 2 aliphatic rings. The number of carboxylic acid groups (broad SMARTS) is 1. The van der Waals surface area contributed by atoms with Gasteiger partial charge < -0.3 is 10.0 Å². The number of rotatable bonds is 2. The van der Waals surface area contributed by atoms with Crippen LogP contribution in [0.1, 0.15) is 48.2 Å². The summed E-state index contributed by atoms with van der Waals surface area (Å²) in [5.41, 5.74) is 0. The fraction of sp³-hybridized carbons (Fsp3) is 0.692. The molecule has 0 radical (unpaired) electrons. The number of piperidine rings is 1. The number of hydrogen-bond donors (Lipinski definition) is 1. The van der Waals surface area contributed by atoms with E-state index in [0.717, 1.165) is 17.6 Å². The van der Waals surface area contributed by atoms with Crippen molar-refractivity contribution in [2.75, 3.05) is 11.4 Å². The molecule has 1 aliphatic carbocycles. The lowest BCUT2D eigenvalue weighted by Crippen LogP contribution is -2.46. The van der Waals surface area contributed by atoms with Crippen molar-refractivity contribution in [3.8, 4) is 0 Å². The van der Waals surface area contributed by atoms with Crippen LogP contribution in [0, 0.1) is 5.92 Å². The van der Waals surface area contributed by atoms with E-state index in [1.807, 2.05) is 0 Å². The summed E-state index contributed by atoms with van der Waals surface area (Å²) in [6.07, 6.45) is 7.56. The first-order chi connectivity index (χ1) is 9.16. The Morgan fingerprint density at radius 2 is 2.05 bits per heavy atom. The van der Waals surface area contributed by atoms with Crippen LogP contribution in [0.25, 0.3) is 0 Å². The number of carboxylic acids is 1. The Hall–Kier alpha value is -0.810. The summed E-state index contributed by atoms with van der Waals surface area (Å²) in [6.45, 7) is 0.976. The van der Waals surface area contributed by atoms with Gasteiger partial charge in [-0.25, -0.2) is 9.78 Å². The van der Waals surface area contributed by atoms with E-state index in [1.165, 1.54) is 49.9 Å². The van der Waals surface area contributed by atoms with E-state index in [1.54, 1.807) is 0 Å². The first-order valence-corrected chi connectivity index (χ1v) is 8.02. The normalized spacial score (nSPS) is 27.1. The van der Waals surface area contributed by atoms with E-state index in [2.05, 4.69) is 9.88 Å². The summed E-state index contributed by atoms with van der Waals surface area (Å²) in [6, 6.07) is 0.534. The second-order valence-corrected chi connectivity index (χ2v) is 6.70. The molecule has 1 N–H and O–H groups in total. The molecule has 2 atom stereocenters. The van der Waals surface area contributed by atoms with E-state index >= 15 is 0 Å². The van der Waals surface area contributed by atoms with Gasteiger partial charge in [0.1, 0.15) is 0 Å². The van der Waals surface area contributed by atoms with Crippen LogP contribution < -0.4 is 4.90 Å². The monoisotopic (exact) mass is 300 g/mol. The van der Waals surface area contributed by atoms with Gasteiger partial charge >= 0.3 is 5.97 Å². The van der Waals surface area contributed by atoms with Crippen LogP contribution in [-0.4, -0.2) is 28.6 Å². The summed E-state index contributed by atoms with van der Waals surface area (Å²) >= 11 is 7.14. The molecule has 1 aliphatic heterocycles. The number of aromatic carboxylic acids is 1. The lowest BCUT2D eigenvalue weighted by molar-refractivity contribution is 0.0702. The van der Waals surface area contributed by atoms with Gasteiger partial charge in [0.15, 0.2) is 15.2 Å². The summed E-state index contributed by atoms with van der Waals surface area (Å²) in [5.74, 6) is -0.232. The van der Waals surface area contributed by atoms with Crippen LogP contribution in [0.3, 0.4) is 0 Å². The molecule has 1 saturated heterocycles. The maximum Gasteiger partial charge on any atom is 0.349 e. The maximum absolute atomic E-state index is 11.1. The van der Waals surface area contributed by atoms with Gasteiger partial charge in [0.25, 0.3) is 0 Å². The predicted octanol–water partition coefficient (Wildman–Crippen LogP) is 3.65. The summed E-state index contributed by atoms with van der Waals surface area (Å²) in [4.78, 5) is 17.8. The highest BCUT2D eigenvalue weighted by atomic mass is 35.5. The smallest absolute Gasteiger partial charge is 0.349 e. The largest absolute Gasteiger partial charge is 0.477 e. The Balaban J connectivity index is 1.87.